The van der Waals surface area contributed by atoms with E-state index in [-0.39, 0.29) is 0 Å². The molecule has 2 aromatic rings. The highest BCUT2D eigenvalue weighted by atomic mass is 79.9. The summed E-state index contributed by atoms with van der Waals surface area (Å²) in [4.78, 5) is 9.54. The average Bonchev–Trinajstić information content (AvgIpc) is 2.76. The van der Waals surface area contributed by atoms with E-state index in [2.05, 4.69) is 60.5 Å². The van der Waals surface area contributed by atoms with Gasteiger partial charge in [-0.15, -0.1) is 0 Å². The minimum Gasteiger partial charge on any atom is -0.304 e. The number of hydrogen-bond donors (Lipinski definition) is 0. The first-order chi connectivity index (χ1) is 9.24. The van der Waals surface area contributed by atoms with Crippen LogP contribution in [0.3, 0.4) is 0 Å². The van der Waals surface area contributed by atoms with Crippen molar-refractivity contribution in [3.63, 3.8) is 0 Å². The number of rotatable bonds is 3. The van der Waals surface area contributed by atoms with Crippen molar-refractivity contribution in [2.24, 2.45) is 0 Å². The van der Waals surface area contributed by atoms with E-state index >= 15 is 0 Å². The summed E-state index contributed by atoms with van der Waals surface area (Å²) < 4.78 is 3.13. The fourth-order valence-electron chi connectivity index (χ4n) is 2.57. The third-order valence-corrected chi connectivity index (χ3v) is 4.41. The lowest BCUT2D eigenvalue weighted by Crippen LogP contribution is -2.45. The van der Waals surface area contributed by atoms with Crippen LogP contribution in [0.25, 0.3) is 5.52 Å². The average molecular weight is 323 g/mol. The van der Waals surface area contributed by atoms with E-state index in [1.54, 1.807) is 0 Å². The van der Waals surface area contributed by atoms with E-state index in [9.17, 15) is 0 Å². The van der Waals surface area contributed by atoms with E-state index in [1.807, 2.05) is 6.07 Å². The fraction of sp³-hybridized carbons (Fsp3) is 0.500. The number of piperazine rings is 1. The molecular weight excluding hydrogens is 304 g/mol. The van der Waals surface area contributed by atoms with Crippen LogP contribution in [0.5, 0.6) is 0 Å². The molecule has 1 saturated heterocycles. The number of imidazole rings is 1. The van der Waals surface area contributed by atoms with Gasteiger partial charge in [0.05, 0.1) is 5.52 Å². The molecule has 1 fully saturated rings. The Bertz CT molecular complexity index is 558. The van der Waals surface area contributed by atoms with Gasteiger partial charge in [0.15, 0.2) is 0 Å². The minimum atomic E-state index is 0.946. The molecule has 1 aliphatic rings. The van der Waals surface area contributed by atoms with Gasteiger partial charge in [-0.3, -0.25) is 0 Å². The van der Waals surface area contributed by atoms with E-state index in [0.29, 0.717) is 0 Å². The Morgan fingerprint density at radius 3 is 2.79 bits per heavy atom. The zero-order chi connectivity index (χ0) is 13.2. The van der Waals surface area contributed by atoms with Crippen LogP contribution in [0, 0.1) is 0 Å². The van der Waals surface area contributed by atoms with Crippen LogP contribution in [0.2, 0.25) is 0 Å². The standard InChI is InChI=1S/C14H19BrN4/c1-17-8-10-18(11-9-17)7-5-13-16-14(15)12-4-2-3-6-19(12)13/h2-4,6H,5,7-11H2,1H3. The van der Waals surface area contributed by atoms with Crippen LogP contribution >= 0.6 is 15.9 Å². The number of nitrogens with zero attached hydrogens (tertiary/aromatic N) is 4. The summed E-state index contributed by atoms with van der Waals surface area (Å²) in [7, 11) is 2.19. The molecule has 0 aliphatic carbocycles. The van der Waals surface area contributed by atoms with Crippen molar-refractivity contribution in [2.75, 3.05) is 39.8 Å². The largest absolute Gasteiger partial charge is 0.304 e. The highest BCUT2D eigenvalue weighted by Crippen LogP contribution is 2.19. The smallest absolute Gasteiger partial charge is 0.132 e. The SMILES string of the molecule is CN1CCN(CCc2nc(Br)c3ccccn23)CC1. The van der Waals surface area contributed by atoms with Gasteiger partial charge in [-0.2, -0.15) is 0 Å². The summed E-state index contributed by atoms with van der Waals surface area (Å²) in [6.45, 7) is 5.77. The first-order valence-corrected chi connectivity index (χ1v) is 7.56. The predicted molar refractivity (Wildman–Crippen MR) is 80.5 cm³/mol. The molecule has 2 aromatic heterocycles. The molecule has 0 unspecified atom stereocenters. The van der Waals surface area contributed by atoms with Crippen LogP contribution < -0.4 is 0 Å². The Morgan fingerprint density at radius 1 is 1.21 bits per heavy atom. The number of likely N-dealkylation sites (N-methyl/N-ethyl adjacent to an activating group) is 1. The quantitative estimate of drug-likeness (QED) is 0.862. The topological polar surface area (TPSA) is 23.8 Å². The maximum atomic E-state index is 4.63. The van der Waals surface area contributed by atoms with Crippen molar-refractivity contribution < 1.29 is 0 Å². The molecule has 5 heteroatoms. The van der Waals surface area contributed by atoms with Gasteiger partial charge >= 0.3 is 0 Å². The van der Waals surface area contributed by atoms with E-state index in [0.717, 1.165) is 28.9 Å². The Balaban J connectivity index is 1.69. The monoisotopic (exact) mass is 322 g/mol. The van der Waals surface area contributed by atoms with Gasteiger partial charge in [0, 0.05) is 45.3 Å². The minimum absolute atomic E-state index is 0.946. The van der Waals surface area contributed by atoms with Crippen LogP contribution in [-0.4, -0.2) is 59.0 Å². The summed E-state index contributed by atoms with van der Waals surface area (Å²) >= 11 is 3.54. The number of fused-ring (bicyclic) bond motifs is 1. The van der Waals surface area contributed by atoms with Crippen LogP contribution in [0.15, 0.2) is 29.0 Å². The van der Waals surface area contributed by atoms with Crippen molar-refractivity contribution in [3.8, 4) is 0 Å². The maximum absolute atomic E-state index is 4.63. The molecule has 0 radical (unpaired) electrons. The van der Waals surface area contributed by atoms with Gasteiger partial charge < -0.3 is 14.2 Å². The number of hydrogen-bond acceptors (Lipinski definition) is 3. The molecule has 0 spiro atoms. The second-order valence-electron chi connectivity index (χ2n) is 5.17. The second kappa shape index (κ2) is 5.61. The summed E-state index contributed by atoms with van der Waals surface area (Å²) in [6.07, 6.45) is 3.09. The van der Waals surface area contributed by atoms with E-state index in [1.165, 1.54) is 26.2 Å². The van der Waals surface area contributed by atoms with Crippen molar-refractivity contribution in [1.29, 1.82) is 0 Å². The summed E-state index contributed by atoms with van der Waals surface area (Å²) in [6, 6.07) is 6.20. The van der Waals surface area contributed by atoms with E-state index in [4.69, 9.17) is 0 Å². The van der Waals surface area contributed by atoms with Crippen LogP contribution in [0.1, 0.15) is 5.82 Å². The molecule has 1 aliphatic heterocycles. The summed E-state index contributed by atoms with van der Waals surface area (Å²) in [5.74, 6) is 1.14. The van der Waals surface area contributed by atoms with Crippen molar-refractivity contribution in [3.05, 3.63) is 34.8 Å². The zero-order valence-corrected chi connectivity index (χ0v) is 12.8. The molecule has 0 bridgehead atoms. The van der Waals surface area contributed by atoms with Gasteiger partial charge in [-0.05, 0) is 35.1 Å². The van der Waals surface area contributed by atoms with Gasteiger partial charge in [0.1, 0.15) is 10.4 Å². The summed E-state index contributed by atoms with van der Waals surface area (Å²) in [5.41, 5.74) is 1.15. The van der Waals surface area contributed by atoms with Crippen LogP contribution in [-0.2, 0) is 6.42 Å². The molecular formula is C14H19BrN4. The lowest BCUT2D eigenvalue weighted by atomic mass is 10.3. The number of aromatic nitrogens is 2. The molecule has 3 heterocycles. The third-order valence-electron chi connectivity index (χ3n) is 3.82. The number of halogens is 1. The normalized spacial score (nSPS) is 18.2. The predicted octanol–water partition coefficient (Wildman–Crippen LogP) is 1.89. The lowest BCUT2D eigenvalue weighted by Gasteiger charge is -2.32. The molecule has 0 saturated carbocycles. The Kier molecular flexibility index (Phi) is 3.86. The maximum Gasteiger partial charge on any atom is 0.132 e. The second-order valence-corrected chi connectivity index (χ2v) is 5.92. The third kappa shape index (κ3) is 2.83. The molecule has 0 aromatic carbocycles. The molecule has 4 nitrogen and oxygen atoms in total. The number of pyridine rings is 1. The molecule has 3 rings (SSSR count). The van der Waals surface area contributed by atoms with Gasteiger partial charge in [-0.1, -0.05) is 6.07 Å². The summed E-state index contributed by atoms with van der Waals surface area (Å²) in [5, 5.41) is 0. The Morgan fingerprint density at radius 2 is 2.00 bits per heavy atom. The van der Waals surface area contributed by atoms with Crippen LogP contribution in [0.4, 0.5) is 0 Å². The van der Waals surface area contributed by atoms with E-state index < -0.39 is 0 Å². The van der Waals surface area contributed by atoms with Gasteiger partial charge in [0.2, 0.25) is 0 Å². The van der Waals surface area contributed by atoms with Gasteiger partial charge in [-0.25, -0.2) is 4.98 Å². The van der Waals surface area contributed by atoms with Crippen molar-refractivity contribution in [2.45, 2.75) is 6.42 Å². The van der Waals surface area contributed by atoms with Gasteiger partial charge in [0.25, 0.3) is 0 Å². The molecule has 19 heavy (non-hydrogen) atoms. The van der Waals surface area contributed by atoms with Crippen molar-refractivity contribution in [1.82, 2.24) is 19.2 Å². The molecule has 0 N–H and O–H groups in total. The fourth-order valence-corrected chi connectivity index (χ4v) is 3.09. The first kappa shape index (κ1) is 13.1. The lowest BCUT2D eigenvalue weighted by molar-refractivity contribution is 0.155. The van der Waals surface area contributed by atoms with Crippen molar-refractivity contribution >= 4 is 21.4 Å². The molecule has 102 valence electrons. The highest BCUT2D eigenvalue weighted by Gasteiger charge is 2.15. The molecule has 0 atom stereocenters. The zero-order valence-electron chi connectivity index (χ0n) is 11.2. The Labute approximate surface area is 122 Å². The molecule has 0 amide bonds. The highest BCUT2D eigenvalue weighted by molar-refractivity contribution is 9.10. The first-order valence-electron chi connectivity index (χ1n) is 6.76. The Hall–Kier alpha value is -0.910.